The Morgan fingerprint density at radius 3 is 2.64 bits per heavy atom. The van der Waals surface area contributed by atoms with Crippen LogP contribution in [-0.2, 0) is 14.8 Å². The molecule has 0 saturated carbocycles. The normalized spacial score (nSPS) is 16.5. The van der Waals surface area contributed by atoms with E-state index in [0.717, 1.165) is 5.69 Å². The number of nitrogens with one attached hydrogen (secondary N) is 2. The number of aromatic nitrogens is 1. The number of likely N-dealkylation sites (tertiary alicyclic amines) is 1. The quantitative estimate of drug-likeness (QED) is 0.637. The highest BCUT2D eigenvalue weighted by Gasteiger charge is 2.30. The molecule has 1 saturated heterocycles. The molecule has 10 heteroatoms. The van der Waals surface area contributed by atoms with Crippen molar-refractivity contribution in [2.45, 2.75) is 44.6 Å². The number of hydrogen-bond donors (Lipinski definition) is 2. The Bertz CT molecular complexity index is 1130. The lowest BCUT2D eigenvalue weighted by Gasteiger charge is -2.32. The maximum Gasteiger partial charge on any atom is 0.253 e. The number of nitrogens with zero attached hydrogens (tertiary/aromatic N) is 2. The predicted octanol–water partition coefficient (Wildman–Crippen LogP) is 2.58. The lowest BCUT2D eigenvalue weighted by Crippen LogP contribution is -2.44. The highest BCUT2D eigenvalue weighted by Crippen LogP contribution is 2.27. The van der Waals surface area contributed by atoms with Crippen molar-refractivity contribution < 1.29 is 22.7 Å². The van der Waals surface area contributed by atoms with Crippen LogP contribution in [0.5, 0.6) is 5.75 Å². The van der Waals surface area contributed by atoms with Crippen LogP contribution in [0, 0.1) is 12.8 Å². The van der Waals surface area contributed by atoms with Gasteiger partial charge in [-0.3, -0.25) is 9.59 Å². The minimum absolute atomic E-state index is 0.0959. The minimum atomic E-state index is -3.87. The molecule has 2 amide bonds. The van der Waals surface area contributed by atoms with Crippen LogP contribution in [-0.4, -0.2) is 56.4 Å². The van der Waals surface area contributed by atoms with E-state index in [9.17, 15) is 18.0 Å². The molecule has 178 valence electrons. The van der Waals surface area contributed by atoms with Gasteiger partial charge in [-0.2, -0.15) is 0 Å². The number of sulfonamides is 1. The van der Waals surface area contributed by atoms with Crippen molar-refractivity contribution in [1.29, 1.82) is 0 Å². The van der Waals surface area contributed by atoms with Crippen molar-refractivity contribution in [1.82, 2.24) is 14.6 Å². The molecule has 1 fully saturated rings. The number of ether oxygens (including phenoxy) is 1. The average Bonchev–Trinajstić information content (AvgIpc) is 2.77. The van der Waals surface area contributed by atoms with E-state index >= 15 is 0 Å². The van der Waals surface area contributed by atoms with Gasteiger partial charge in [-0.25, -0.2) is 18.1 Å². The van der Waals surface area contributed by atoms with E-state index < -0.39 is 10.0 Å². The second-order valence-corrected chi connectivity index (χ2v) is 10.1. The topological polar surface area (TPSA) is 118 Å². The Labute approximate surface area is 194 Å². The number of benzene rings is 1. The van der Waals surface area contributed by atoms with Crippen LogP contribution in [0.15, 0.2) is 41.3 Å². The summed E-state index contributed by atoms with van der Waals surface area (Å²) < 4.78 is 33.2. The van der Waals surface area contributed by atoms with Crippen LogP contribution in [0.3, 0.4) is 0 Å². The molecule has 0 aliphatic carbocycles. The number of rotatable bonds is 7. The van der Waals surface area contributed by atoms with Crippen molar-refractivity contribution in [3.05, 3.63) is 47.7 Å². The van der Waals surface area contributed by atoms with Crippen LogP contribution in [0.1, 0.15) is 42.7 Å². The first-order valence-corrected chi connectivity index (χ1v) is 12.3. The van der Waals surface area contributed by atoms with Gasteiger partial charge in [-0.05, 0) is 63.9 Å². The summed E-state index contributed by atoms with van der Waals surface area (Å²) in [5.41, 5.74) is 1.02. The molecule has 1 aromatic heterocycles. The number of amides is 2. The fraction of sp³-hybridized carbons (Fsp3) is 0.435. The van der Waals surface area contributed by atoms with Crippen molar-refractivity contribution in [2.75, 3.05) is 25.5 Å². The molecule has 33 heavy (non-hydrogen) atoms. The number of piperidine rings is 1. The van der Waals surface area contributed by atoms with Crippen molar-refractivity contribution in [3.8, 4) is 5.75 Å². The van der Waals surface area contributed by atoms with Crippen LogP contribution >= 0.6 is 0 Å². The number of carbonyl (C=O) groups is 2. The zero-order valence-corrected chi connectivity index (χ0v) is 20.1. The maximum absolute atomic E-state index is 13.2. The monoisotopic (exact) mass is 474 g/mol. The Balaban J connectivity index is 1.77. The SMILES string of the molecule is COc1ccc(C(=O)N2CCCC(C(=O)Nc3cccc(C)n3)C2)cc1S(=O)(=O)NC(C)C. The van der Waals surface area contributed by atoms with Gasteiger partial charge in [0.1, 0.15) is 16.5 Å². The van der Waals surface area contributed by atoms with E-state index in [1.54, 1.807) is 24.8 Å². The summed E-state index contributed by atoms with van der Waals surface area (Å²) in [6.45, 7) is 6.00. The third-order valence-electron chi connectivity index (χ3n) is 5.31. The molecule has 1 atom stereocenters. The second-order valence-electron chi connectivity index (χ2n) is 8.39. The fourth-order valence-electron chi connectivity index (χ4n) is 3.79. The van der Waals surface area contributed by atoms with Crippen molar-refractivity contribution in [2.24, 2.45) is 5.92 Å². The van der Waals surface area contributed by atoms with Crippen molar-refractivity contribution >= 4 is 27.7 Å². The Hall–Kier alpha value is -2.98. The molecular formula is C23H30N4O5S. The lowest BCUT2D eigenvalue weighted by atomic mass is 9.96. The van der Waals surface area contributed by atoms with Crippen LogP contribution in [0.25, 0.3) is 0 Å². The van der Waals surface area contributed by atoms with E-state index in [0.29, 0.717) is 25.2 Å². The molecule has 0 bridgehead atoms. The molecular weight excluding hydrogens is 444 g/mol. The van der Waals surface area contributed by atoms with E-state index in [1.165, 1.54) is 25.3 Å². The Morgan fingerprint density at radius 2 is 1.97 bits per heavy atom. The number of methoxy groups -OCH3 is 1. The highest BCUT2D eigenvalue weighted by atomic mass is 32.2. The molecule has 0 radical (unpaired) electrons. The van der Waals surface area contributed by atoms with Gasteiger partial charge in [0.25, 0.3) is 5.91 Å². The van der Waals surface area contributed by atoms with Crippen LogP contribution < -0.4 is 14.8 Å². The Kier molecular flexibility index (Phi) is 7.70. The molecule has 1 aliphatic rings. The summed E-state index contributed by atoms with van der Waals surface area (Å²) in [5.74, 6) is -0.268. The first kappa shape index (κ1) is 24.7. The smallest absolute Gasteiger partial charge is 0.253 e. The number of pyridine rings is 1. The van der Waals surface area contributed by atoms with Gasteiger partial charge in [0.05, 0.1) is 13.0 Å². The van der Waals surface area contributed by atoms with Gasteiger partial charge < -0.3 is 15.0 Å². The van der Waals surface area contributed by atoms with Gasteiger partial charge in [-0.15, -0.1) is 0 Å². The number of hydrogen-bond acceptors (Lipinski definition) is 6. The first-order valence-electron chi connectivity index (χ1n) is 10.8. The lowest BCUT2D eigenvalue weighted by molar-refractivity contribution is -0.121. The fourth-order valence-corrected chi connectivity index (χ4v) is 5.24. The summed E-state index contributed by atoms with van der Waals surface area (Å²) in [6, 6.07) is 9.40. The Morgan fingerprint density at radius 1 is 1.21 bits per heavy atom. The molecule has 9 nitrogen and oxygen atoms in total. The van der Waals surface area contributed by atoms with Gasteiger partial charge >= 0.3 is 0 Å². The summed E-state index contributed by atoms with van der Waals surface area (Å²) in [7, 11) is -2.49. The highest BCUT2D eigenvalue weighted by molar-refractivity contribution is 7.89. The third-order valence-corrected chi connectivity index (χ3v) is 6.99. The summed E-state index contributed by atoms with van der Waals surface area (Å²) >= 11 is 0. The molecule has 2 aromatic rings. The molecule has 1 aromatic carbocycles. The van der Waals surface area contributed by atoms with E-state index in [4.69, 9.17) is 4.74 Å². The zero-order chi connectivity index (χ0) is 24.2. The molecule has 1 aliphatic heterocycles. The van der Waals surface area contributed by atoms with Gasteiger partial charge in [-0.1, -0.05) is 6.07 Å². The van der Waals surface area contributed by atoms with E-state index in [1.807, 2.05) is 19.1 Å². The first-order chi connectivity index (χ1) is 15.6. The summed E-state index contributed by atoms with van der Waals surface area (Å²) in [4.78, 5) is 31.7. The number of anilines is 1. The van der Waals surface area contributed by atoms with Crippen molar-refractivity contribution in [3.63, 3.8) is 0 Å². The maximum atomic E-state index is 13.2. The molecule has 2 heterocycles. The molecule has 1 unspecified atom stereocenters. The van der Waals surface area contributed by atoms with Gasteiger partial charge in [0.2, 0.25) is 15.9 Å². The van der Waals surface area contributed by atoms with Crippen LogP contribution in [0.4, 0.5) is 5.82 Å². The average molecular weight is 475 g/mol. The third kappa shape index (κ3) is 6.08. The molecule has 2 N–H and O–H groups in total. The van der Waals surface area contributed by atoms with Gasteiger partial charge in [0.15, 0.2) is 0 Å². The second kappa shape index (κ2) is 10.3. The zero-order valence-electron chi connectivity index (χ0n) is 19.3. The number of aryl methyl sites for hydroxylation is 1. The summed E-state index contributed by atoms with van der Waals surface area (Å²) in [6.07, 6.45) is 1.32. The number of carbonyl (C=O) groups excluding carboxylic acids is 2. The standard InChI is InChI=1S/C23H30N4O5S/c1-15(2)26-33(30,31)20-13-17(10-11-19(20)32-4)23(29)27-12-6-8-18(14-27)22(28)25-21-9-5-7-16(3)24-21/h5,7,9-11,13,15,18,26H,6,8,12,14H2,1-4H3,(H,24,25,28). The molecule has 3 rings (SSSR count). The van der Waals surface area contributed by atoms with E-state index in [2.05, 4.69) is 15.0 Å². The largest absolute Gasteiger partial charge is 0.495 e. The minimum Gasteiger partial charge on any atom is -0.495 e. The predicted molar refractivity (Wildman–Crippen MR) is 125 cm³/mol. The molecule has 0 spiro atoms. The van der Waals surface area contributed by atoms with Gasteiger partial charge in [0, 0.05) is 30.4 Å². The van der Waals surface area contributed by atoms with E-state index in [-0.39, 0.29) is 46.5 Å². The summed E-state index contributed by atoms with van der Waals surface area (Å²) in [5, 5.41) is 2.82. The van der Waals surface area contributed by atoms with Crippen LogP contribution in [0.2, 0.25) is 0 Å².